The fourth-order valence-corrected chi connectivity index (χ4v) is 5.57. The molecule has 0 fully saturated rings. The van der Waals surface area contributed by atoms with E-state index in [1.54, 1.807) is 14.2 Å². The van der Waals surface area contributed by atoms with Crippen molar-refractivity contribution in [1.82, 2.24) is 0 Å². The van der Waals surface area contributed by atoms with E-state index < -0.39 is 6.04 Å². The van der Waals surface area contributed by atoms with Gasteiger partial charge in [0.05, 0.1) is 38.5 Å². The number of benzene rings is 4. The SMILES string of the molecule is CCOC(=O)C1=C(Nc2ccc(OC)cc2)CC(c2ccc(Cl)cc2)N(c2ccc(OC)cc2)C1c1ccc(Cl)cc1. The molecule has 2 atom stereocenters. The van der Waals surface area contributed by atoms with Crippen molar-refractivity contribution in [2.24, 2.45) is 0 Å². The third kappa shape index (κ3) is 6.35. The summed E-state index contributed by atoms with van der Waals surface area (Å²) in [5.41, 5.74) is 4.98. The molecule has 2 unspecified atom stereocenters. The third-order valence-corrected chi connectivity index (χ3v) is 7.81. The number of carbonyl (C=O) groups excluding carboxylic acids is 1. The number of halogens is 2. The maximum absolute atomic E-state index is 13.9. The topological polar surface area (TPSA) is 60.0 Å². The largest absolute Gasteiger partial charge is 0.497 e. The molecule has 6 nitrogen and oxygen atoms in total. The predicted octanol–water partition coefficient (Wildman–Crippen LogP) is 8.63. The second kappa shape index (κ2) is 13.2. The van der Waals surface area contributed by atoms with Crippen molar-refractivity contribution >= 4 is 40.5 Å². The number of nitrogens with zero attached hydrogens (tertiary/aromatic N) is 1. The maximum Gasteiger partial charge on any atom is 0.338 e. The maximum atomic E-state index is 13.9. The highest BCUT2D eigenvalue weighted by atomic mass is 35.5. The monoisotopic (exact) mass is 602 g/mol. The summed E-state index contributed by atoms with van der Waals surface area (Å²) in [6.45, 7) is 2.06. The minimum absolute atomic E-state index is 0.171. The summed E-state index contributed by atoms with van der Waals surface area (Å²) in [6.07, 6.45) is 0.498. The van der Waals surface area contributed by atoms with Crippen LogP contribution < -0.4 is 19.7 Å². The number of esters is 1. The van der Waals surface area contributed by atoms with Gasteiger partial charge in [-0.3, -0.25) is 0 Å². The highest BCUT2D eigenvalue weighted by molar-refractivity contribution is 6.30. The van der Waals surface area contributed by atoms with Crippen molar-refractivity contribution in [3.63, 3.8) is 0 Å². The van der Waals surface area contributed by atoms with E-state index in [9.17, 15) is 4.79 Å². The predicted molar refractivity (Wildman–Crippen MR) is 169 cm³/mol. The second-order valence-electron chi connectivity index (χ2n) is 9.80. The van der Waals surface area contributed by atoms with E-state index in [4.69, 9.17) is 37.4 Å². The van der Waals surface area contributed by atoms with Crippen LogP contribution in [-0.4, -0.2) is 26.8 Å². The summed E-state index contributed by atoms with van der Waals surface area (Å²) in [7, 11) is 3.27. The lowest BCUT2D eigenvalue weighted by Crippen LogP contribution is -2.41. The Bertz CT molecular complexity index is 1540. The number of hydrogen-bond acceptors (Lipinski definition) is 6. The number of anilines is 2. The molecule has 4 aromatic rings. The smallest absolute Gasteiger partial charge is 0.338 e. The summed E-state index contributed by atoms with van der Waals surface area (Å²) in [5.74, 6) is 1.10. The molecule has 216 valence electrons. The molecule has 5 rings (SSSR count). The Kier molecular flexibility index (Phi) is 9.25. The van der Waals surface area contributed by atoms with Gasteiger partial charge in [-0.25, -0.2) is 4.79 Å². The first-order chi connectivity index (χ1) is 20.4. The summed E-state index contributed by atoms with van der Waals surface area (Å²) in [5, 5.41) is 4.82. The first-order valence-corrected chi connectivity index (χ1v) is 14.4. The quantitative estimate of drug-likeness (QED) is 0.193. The Balaban J connectivity index is 1.75. The standard InChI is InChI=1S/C34H32Cl2N2O4/c1-4-42-34(39)32-30(37-26-13-17-28(40-2)18-14-26)21-31(22-5-9-24(35)10-6-22)38(27-15-19-29(41-3)20-16-27)33(32)23-7-11-25(36)12-8-23/h5-20,31,33,37H,4,21H2,1-3H3. The van der Waals surface area contributed by atoms with E-state index in [0.29, 0.717) is 22.0 Å². The van der Waals surface area contributed by atoms with E-state index in [1.807, 2.05) is 104 Å². The lowest BCUT2D eigenvalue weighted by molar-refractivity contribution is -0.139. The van der Waals surface area contributed by atoms with Crippen LogP contribution >= 0.6 is 23.2 Å². The zero-order valence-corrected chi connectivity index (χ0v) is 25.2. The zero-order valence-electron chi connectivity index (χ0n) is 23.6. The average Bonchev–Trinajstić information content (AvgIpc) is 3.02. The Morgan fingerprint density at radius 1 is 0.786 bits per heavy atom. The molecule has 1 heterocycles. The number of methoxy groups -OCH3 is 2. The van der Waals surface area contributed by atoms with E-state index in [0.717, 1.165) is 39.7 Å². The van der Waals surface area contributed by atoms with Gasteiger partial charge in [-0.05, 0) is 90.8 Å². The Morgan fingerprint density at radius 2 is 1.31 bits per heavy atom. The first-order valence-electron chi connectivity index (χ1n) is 13.7. The van der Waals surface area contributed by atoms with Crippen molar-refractivity contribution in [2.75, 3.05) is 31.0 Å². The normalized spacial score (nSPS) is 16.6. The minimum Gasteiger partial charge on any atom is -0.497 e. The molecule has 0 radical (unpaired) electrons. The molecule has 0 aromatic heterocycles. The van der Waals surface area contributed by atoms with Gasteiger partial charge in [0.15, 0.2) is 0 Å². The third-order valence-electron chi connectivity index (χ3n) is 7.30. The van der Waals surface area contributed by atoms with Crippen LogP contribution in [0.1, 0.15) is 36.6 Å². The van der Waals surface area contributed by atoms with E-state index in [2.05, 4.69) is 10.2 Å². The van der Waals surface area contributed by atoms with Gasteiger partial charge in [0.2, 0.25) is 0 Å². The van der Waals surface area contributed by atoms with Crippen LogP contribution in [0.15, 0.2) is 108 Å². The van der Waals surface area contributed by atoms with Crippen molar-refractivity contribution in [2.45, 2.75) is 25.4 Å². The first kappa shape index (κ1) is 29.4. The van der Waals surface area contributed by atoms with Gasteiger partial charge in [0.1, 0.15) is 11.5 Å². The molecule has 0 amide bonds. The van der Waals surface area contributed by atoms with Crippen molar-refractivity contribution in [3.8, 4) is 11.5 Å². The molecule has 0 aliphatic carbocycles. The van der Waals surface area contributed by atoms with Crippen LogP contribution in [0.4, 0.5) is 11.4 Å². The van der Waals surface area contributed by atoms with Gasteiger partial charge in [-0.1, -0.05) is 47.5 Å². The number of carbonyl (C=O) groups is 1. The Labute approximate surface area is 256 Å². The number of hydrogen-bond donors (Lipinski definition) is 1. The van der Waals surface area contributed by atoms with Crippen molar-refractivity contribution in [1.29, 1.82) is 0 Å². The molecule has 0 saturated carbocycles. The molecule has 1 aliphatic rings. The molecule has 0 saturated heterocycles. The second-order valence-corrected chi connectivity index (χ2v) is 10.7. The summed E-state index contributed by atoms with van der Waals surface area (Å²) >= 11 is 12.6. The van der Waals surface area contributed by atoms with Crippen LogP contribution in [0.2, 0.25) is 10.0 Å². The lowest BCUT2D eigenvalue weighted by atomic mass is 9.84. The molecular formula is C34H32Cl2N2O4. The minimum atomic E-state index is -0.509. The molecule has 0 bridgehead atoms. The van der Waals surface area contributed by atoms with E-state index in [1.165, 1.54) is 0 Å². The van der Waals surface area contributed by atoms with Crippen molar-refractivity contribution < 1.29 is 19.0 Å². The van der Waals surface area contributed by atoms with Crippen LogP contribution in [-0.2, 0) is 9.53 Å². The molecule has 4 aromatic carbocycles. The molecule has 42 heavy (non-hydrogen) atoms. The summed E-state index contributed by atoms with van der Waals surface area (Å²) in [6, 6.07) is 30.2. The molecule has 0 spiro atoms. The van der Waals surface area contributed by atoms with Gasteiger partial charge in [-0.2, -0.15) is 0 Å². The van der Waals surface area contributed by atoms with Crippen LogP contribution in [0, 0.1) is 0 Å². The highest BCUT2D eigenvalue weighted by Crippen LogP contribution is 2.48. The Hall–Kier alpha value is -4.13. The molecular weight excluding hydrogens is 571 g/mol. The summed E-state index contributed by atoms with van der Waals surface area (Å²) in [4.78, 5) is 16.1. The van der Waals surface area contributed by atoms with Gasteiger partial charge >= 0.3 is 5.97 Å². The number of rotatable bonds is 9. The van der Waals surface area contributed by atoms with Crippen LogP contribution in [0.5, 0.6) is 11.5 Å². The fourth-order valence-electron chi connectivity index (χ4n) is 5.32. The van der Waals surface area contributed by atoms with Gasteiger partial charge in [0, 0.05) is 33.5 Å². The van der Waals surface area contributed by atoms with Crippen LogP contribution in [0.3, 0.4) is 0 Å². The molecule has 1 N–H and O–H groups in total. The molecule has 8 heteroatoms. The van der Waals surface area contributed by atoms with Gasteiger partial charge < -0.3 is 24.4 Å². The number of nitrogens with one attached hydrogen (secondary N) is 1. The summed E-state index contributed by atoms with van der Waals surface area (Å²) < 4.78 is 16.5. The van der Waals surface area contributed by atoms with Gasteiger partial charge in [-0.15, -0.1) is 0 Å². The highest BCUT2D eigenvalue weighted by Gasteiger charge is 2.41. The van der Waals surface area contributed by atoms with E-state index >= 15 is 0 Å². The number of ether oxygens (including phenoxy) is 3. The average molecular weight is 604 g/mol. The zero-order chi connectivity index (χ0) is 29.6. The Morgan fingerprint density at radius 3 is 1.83 bits per heavy atom. The van der Waals surface area contributed by atoms with E-state index in [-0.39, 0.29) is 18.6 Å². The van der Waals surface area contributed by atoms with Gasteiger partial charge in [0.25, 0.3) is 0 Å². The fraction of sp³-hybridized carbons (Fsp3) is 0.206. The molecule has 1 aliphatic heterocycles. The lowest BCUT2D eigenvalue weighted by Gasteiger charge is -2.46. The van der Waals surface area contributed by atoms with Crippen LogP contribution in [0.25, 0.3) is 0 Å². The van der Waals surface area contributed by atoms with Crippen molar-refractivity contribution in [3.05, 3.63) is 130 Å².